The van der Waals surface area contributed by atoms with Crippen LogP contribution in [0.3, 0.4) is 0 Å². The van der Waals surface area contributed by atoms with Crippen LogP contribution in [-0.4, -0.2) is 46.9 Å². The first kappa shape index (κ1) is 23.0. The topological polar surface area (TPSA) is 88.8 Å². The maximum absolute atomic E-state index is 12.8. The zero-order chi connectivity index (χ0) is 24.3. The van der Waals surface area contributed by atoms with E-state index >= 15 is 0 Å². The van der Waals surface area contributed by atoms with E-state index in [-0.39, 0.29) is 17.5 Å². The summed E-state index contributed by atoms with van der Waals surface area (Å²) in [7, 11) is 0. The largest absolute Gasteiger partial charge is 0.439 e. The number of rotatable bonds is 5. The molecule has 0 saturated carbocycles. The minimum absolute atomic E-state index is 0.00874. The fraction of sp³-hybridized carbons (Fsp3) is 0.217. The van der Waals surface area contributed by atoms with E-state index in [1.165, 1.54) is 12.1 Å². The summed E-state index contributed by atoms with van der Waals surface area (Å²) in [6.07, 6.45) is -3.77. The minimum atomic E-state index is -4.47. The molecule has 1 aliphatic rings. The van der Waals surface area contributed by atoms with E-state index in [1.807, 2.05) is 0 Å². The molecule has 0 unspecified atom stereocenters. The van der Waals surface area contributed by atoms with Crippen LogP contribution in [-0.2, 0) is 6.18 Å². The van der Waals surface area contributed by atoms with Crippen molar-refractivity contribution in [2.75, 3.05) is 31.1 Å². The maximum Gasteiger partial charge on any atom is 0.417 e. The fourth-order valence-electron chi connectivity index (χ4n) is 3.53. The van der Waals surface area contributed by atoms with Gasteiger partial charge < -0.3 is 14.5 Å². The van der Waals surface area contributed by atoms with Gasteiger partial charge in [-0.3, -0.25) is 14.9 Å². The Labute approximate surface area is 192 Å². The Balaban J connectivity index is 1.33. The van der Waals surface area contributed by atoms with Gasteiger partial charge in [0, 0.05) is 61.8 Å². The fourth-order valence-corrected chi connectivity index (χ4v) is 3.53. The van der Waals surface area contributed by atoms with Gasteiger partial charge in [0.05, 0.1) is 10.5 Å². The summed E-state index contributed by atoms with van der Waals surface area (Å²) in [4.78, 5) is 30.6. The first-order valence-electron chi connectivity index (χ1n) is 10.3. The average Bonchev–Trinajstić information content (AvgIpc) is 2.84. The number of hydrogen-bond donors (Lipinski definition) is 0. The molecule has 0 radical (unpaired) electrons. The van der Waals surface area contributed by atoms with Gasteiger partial charge in [-0.2, -0.15) is 13.2 Å². The molecule has 1 saturated heterocycles. The Bertz CT molecular complexity index is 1160. The van der Waals surface area contributed by atoms with Crippen molar-refractivity contribution in [3.8, 4) is 11.6 Å². The highest BCUT2D eigenvalue weighted by Crippen LogP contribution is 2.30. The number of carbonyl (C=O) groups excluding carboxylic acids is 1. The molecule has 1 fully saturated rings. The first-order chi connectivity index (χ1) is 16.2. The van der Waals surface area contributed by atoms with Gasteiger partial charge in [0.1, 0.15) is 5.75 Å². The number of anilines is 1. The molecule has 34 heavy (non-hydrogen) atoms. The molecule has 2 aromatic carbocycles. The Hall–Kier alpha value is -4.15. The van der Waals surface area contributed by atoms with Crippen molar-refractivity contribution in [1.29, 1.82) is 0 Å². The molecule has 4 rings (SSSR count). The van der Waals surface area contributed by atoms with Crippen molar-refractivity contribution >= 4 is 17.3 Å². The summed E-state index contributed by atoms with van der Waals surface area (Å²) >= 11 is 0. The molecule has 8 nitrogen and oxygen atoms in total. The molecular formula is C23H19F3N4O4. The lowest BCUT2D eigenvalue weighted by molar-refractivity contribution is -0.384. The number of benzene rings is 2. The number of pyridine rings is 1. The van der Waals surface area contributed by atoms with Gasteiger partial charge in [-0.15, -0.1) is 0 Å². The number of halogens is 3. The number of aromatic nitrogens is 1. The van der Waals surface area contributed by atoms with E-state index in [2.05, 4.69) is 9.88 Å². The zero-order valence-corrected chi connectivity index (χ0v) is 17.7. The van der Waals surface area contributed by atoms with Crippen molar-refractivity contribution in [2.24, 2.45) is 0 Å². The van der Waals surface area contributed by atoms with Crippen LogP contribution in [0.4, 0.5) is 24.5 Å². The number of non-ortho nitro benzene ring substituents is 1. The lowest BCUT2D eigenvalue weighted by Gasteiger charge is -2.36. The predicted octanol–water partition coefficient (Wildman–Crippen LogP) is 4.76. The third kappa shape index (κ3) is 5.25. The molecule has 1 aromatic heterocycles. The second kappa shape index (κ2) is 9.38. The Kier molecular flexibility index (Phi) is 6.35. The van der Waals surface area contributed by atoms with Crippen molar-refractivity contribution in [1.82, 2.24) is 9.88 Å². The molecule has 176 valence electrons. The van der Waals surface area contributed by atoms with Gasteiger partial charge in [-0.1, -0.05) is 0 Å². The van der Waals surface area contributed by atoms with E-state index in [1.54, 1.807) is 41.3 Å². The van der Waals surface area contributed by atoms with Crippen LogP contribution in [0, 0.1) is 10.1 Å². The first-order valence-corrected chi connectivity index (χ1v) is 10.3. The van der Waals surface area contributed by atoms with Crippen molar-refractivity contribution < 1.29 is 27.6 Å². The summed E-state index contributed by atoms with van der Waals surface area (Å²) in [5.41, 5.74) is 0.473. The van der Waals surface area contributed by atoms with Crippen LogP contribution in [0.25, 0.3) is 0 Å². The Morgan fingerprint density at radius 2 is 1.59 bits per heavy atom. The molecule has 0 atom stereocenters. The Morgan fingerprint density at radius 1 is 0.941 bits per heavy atom. The van der Waals surface area contributed by atoms with Crippen LogP contribution >= 0.6 is 0 Å². The third-order valence-electron chi connectivity index (χ3n) is 5.38. The summed E-state index contributed by atoms with van der Waals surface area (Å²) in [5.74, 6) is 0.198. The number of nitrogens with zero attached hydrogens (tertiary/aromatic N) is 4. The molecular weight excluding hydrogens is 453 g/mol. The molecule has 0 N–H and O–H groups in total. The number of nitro benzene ring substituents is 1. The maximum atomic E-state index is 12.8. The standard InChI is InChI=1S/C23H19F3N4O4/c24-23(25,26)17-3-10-21(27-15-17)34-20-8-1-16(2-9-20)22(31)29-13-11-28(12-14-29)18-4-6-19(7-5-18)30(32)33/h1-10,15H,11-14H2. The molecule has 3 aromatic rings. The summed E-state index contributed by atoms with van der Waals surface area (Å²) in [5, 5.41) is 10.8. The van der Waals surface area contributed by atoms with Gasteiger partial charge in [-0.25, -0.2) is 4.98 Å². The van der Waals surface area contributed by atoms with Gasteiger partial charge in [0.25, 0.3) is 11.6 Å². The number of ether oxygens (including phenoxy) is 1. The van der Waals surface area contributed by atoms with E-state index in [9.17, 15) is 28.1 Å². The highest BCUT2D eigenvalue weighted by Gasteiger charge is 2.30. The van der Waals surface area contributed by atoms with E-state index in [0.717, 1.165) is 17.8 Å². The second-order valence-electron chi connectivity index (χ2n) is 7.56. The highest BCUT2D eigenvalue weighted by molar-refractivity contribution is 5.94. The smallest absolute Gasteiger partial charge is 0.417 e. The van der Waals surface area contributed by atoms with Crippen molar-refractivity contribution in [3.05, 3.63) is 88.1 Å². The zero-order valence-electron chi connectivity index (χ0n) is 17.7. The monoisotopic (exact) mass is 472 g/mol. The quantitative estimate of drug-likeness (QED) is 0.393. The van der Waals surface area contributed by atoms with Crippen molar-refractivity contribution in [3.63, 3.8) is 0 Å². The summed E-state index contributed by atoms with van der Waals surface area (Å²) < 4.78 is 43.3. The highest BCUT2D eigenvalue weighted by atomic mass is 19.4. The minimum Gasteiger partial charge on any atom is -0.439 e. The number of hydrogen-bond acceptors (Lipinski definition) is 6. The number of carbonyl (C=O) groups is 1. The van der Waals surface area contributed by atoms with Crippen LogP contribution in [0.5, 0.6) is 11.6 Å². The van der Waals surface area contributed by atoms with Crippen LogP contribution in [0.1, 0.15) is 15.9 Å². The number of nitro groups is 1. The van der Waals surface area contributed by atoms with Crippen LogP contribution < -0.4 is 9.64 Å². The summed E-state index contributed by atoms with van der Waals surface area (Å²) in [6, 6.07) is 14.6. The van der Waals surface area contributed by atoms with E-state index in [4.69, 9.17) is 4.74 Å². The van der Waals surface area contributed by atoms with Crippen molar-refractivity contribution in [2.45, 2.75) is 6.18 Å². The SMILES string of the molecule is O=C(c1ccc(Oc2ccc(C(F)(F)F)cn2)cc1)N1CCN(c2ccc([N+](=O)[O-])cc2)CC1. The second-order valence-corrected chi connectivity index (χ2v) is 7.56. The number of alkyl halides is 3. The molecule has 0 aliphatic carbocycles. The number of amides is 1. The van der Waals surface area contributed by atoms with Gasteiger partial charge in [-0.05, 0) is 42.5 Å². The number of piperazine rings is 1. The molecule has 11 heteroatoms. The van der Waals surface area contributed by atoms with E-state index < -0.39 is 16.7 Å². The normalized spacial score (nSPS) is 14.1. The van der Waals surface area contributed by atoms with E-state index in [0.29, 0.717) is 43.7 Å². The van der Waals surface area contributed by atoms with Crippen LogP contribution in [0.15, 0.2) is 66.9 Å². The molecule has 2 heterocycles. The Morgan fingerprint density at radius 3 is 2.12 bits per heavy atom. The lowest BCUT2D eigenvalue weighted by Crippen LogP contribution is -2.48. The van der Waals surface area contributed by atoms with Gasteiger partial charge in [0.2, 0.25) is 5.88 Å². The van der Waals surface area contributed by atoms with Gasteiger partial charge in [0.15, 0.2) is 0 Å². The average molecular weight is 472 g/mol. The van der Waals surface area contributed by atoms with Crippen LogP contribution in [0.2, 0.25) is 0 Å². The summed E-state index contributed by atoms with van der Waals surface area (Å²) in [6.45, 7) is 2.15. The molecule has 0 bridgehead atoms. The molecule has 1 aliphatic heterocycles. The van der Waals surface area contributed by atoms with Gasteiger partial charge >= 0.3 is 6.18 Å². The predicted molar refractivity (Wildman–Crippen MR) is 117 cm³/mol. The molecule has 1 amide bonds. The third-order valence-corrected chi connectivity index (χ3v) is 5.38. The lowest BCUT2D eigenvalue weighted by atomic mass is 10.1. The molecule has 0 spiro atoms.